The van der Waals surface area contributed by atoms with Crippen LogP contribution < -0.4 is 4.72 Å². The highest BCUT2D eigenvalue weighted by Gasteiger charge is 1.99. The highest BCUT2D eigenvalue weighted by atomic mass is 32.2. The molecule has 5 heteroatoms. The summed E-state index contributed by atoms with van der Waals surface area (Å²) in [7, 11) is 1.45. The molecule has 0 amide bonds. The summed E-state index contributed by atoms with van der Waals surface area (Å²) in [5.41, 5.74) is 0. The van der Waals surface area contributed by atoms with Gasteiger partial charge < -0.3 is 9.29 Å². The second kappa shape index (κ2) is 4.87. The van der Waals surface area contributed by atoms with Crippen LogP contribution in [0.2, 0.25) is 0 Å². The van der Waals surface area contributed by atoms with E-state index >= 15 is 0 Å². The zero-order valence-corrected chi connectivity index (χ0v) is 6.23. The first kappa shape index (κ1) is 9.03. The third-order valence-electron chi connectivity index (χ3n) is 0.883. The molecule has 4 nitrogen and oxygen atoms in total. The Hall–Kier alpha value is 0.0300. The monoisotopic (exact) mass is 152 g/mol. The first-order valence-corrected chi connectivity index (χ1v) is 3.66. The van der Waals surface area contributed by atoms with Crippen LogP contribution in [0, 0.1) is 0 Å². The Morgan fingerprint density at radius 3 is 2.56 bits per heavy atom. The Balaban J connectivity index is 3.43. The fraction of sp³-hybridized carbons (Fsp3) is 1.00. The van der Waals surface area contributed by atoms with Gasteiger partial charge in [0, 0.05) is 18.4 Å². The maximum absolute atomic E-state index is 9.94. The minimum Gasteiger partial charge on any atom is -0.760 e. The van der Waals surface area contributed by atoms with Crippen molar-refractivity contribution < 1.29 is 13.5 Å². The minimum absolute atomic E-state index is 0.386. The first-order chi connectivity index (χ1) is 4.20. The zero-order valence-electron chi connectivity index (χ0n) is 5.42. The average molecular weight is 152 g/mol. The Bertz CT molecular complexity index is 93.8. The van der Waals surface area contributed by atoms with E-state index in [4.69, 9.17) is 4.74 Å². The van der Waals surface area contributed by atoms with Crippen LogP contribution in [-0.2, 0) is 16.0 Å². The van der Waals surface area contributed by atoms with Crippen LogP contribution in [0.1, 0.15) is 13.3 Å². The minimum atomic E-state index is -2.22. The number of nitrogens with one attached hydrogen (secondary N) is 1. The van der Waals surface area contributed by atoms with Gasteiger partial charge in [-0.25, -0.2) is 4.72 Å². The lowest BCUT2D eigenvalue weighted by atomic mass is 10.4. The zero-order chi connectivity index (χ0) is 7.28. The van der Waals surface area contributed by atoms with E-state index in [0.29, 0.717) is 6.42 Å². The van der Waals surface area contributed by atoms with Crippen molar-refractivity contribution in [3.05, 3.63) is 0 Å². The molecule has 0 saturated carbocycles. The van der Waals surface area contributed by atoms with E-state index < -0.39 is 11.3 Å². The van der Waals surface area contributed by atoms with Gasteiger partial charge in [0.1, 0.15) is 6.23 Å². The van der Waals surface area contributed by atoms with Crippen molar-refractivity contribution in [2.75, 3.05) is 7.11 Å². The van der Waals surface area contributed by atoms with Gasteiger partial charge in [-0.3, -0.25) is 4.21 Å². The molecular weight excluding hydrogens is 142 g/mol. The highest BCUT2D eigenvalue weighted by molar-refractivity contribution is 7.77. The number of rotatable bonds is 4. The molecule has 0 aliphatic rings. The lowest BCUT2D eigenvalue weighted by Gasteiger charge is -2.15. The van der Waals surface area contributed by atoms with E-state index in [1.54, 1.807) is 0 Å². The number of ether oxygens (including phenoxy) is 1. The number of hydrogen-bond donors (Lipinski definition) is 1. The van der Waals surface area contributed by atoms with Gasteiger partial charge in [-0.2, -0.15) is 0 Å². The molecule has 0 fully saturated rings. The predicted octanol–water partition coefficient (Wildman–Crippen LogP) is -0.247. The van der Waals surface area contributed by atoms with Gasteiger partial charge in [-0.1, -0.05) is 6.92 Å². The molecule has 0 saturated heterocycles. The topological polar surface area (TPSA) is 61.4 Å². The third-order valence-corrected chi connectivity index (χ3v) is 1.34. The van der Waals surface area contributed by atoms with Crippen LogP contribution in [0.5, 0.6) is 0 Å². The quantitative estimate of drug-likeness (QED) is 0.446. The Morgan fingerprint density at radius 1 is 1.89 bits per heavy atom. The van der Waals surface area contributed by atoms with Gasteiger partial charge in [0.25, 0.3) is 0 Å². The summed E-state index contributed by atoms with van der Waals surface area (Å²) in [5.74, 6) is 0. The van der Waals surface area contributed by atoms with Crippen molar-refractivity contribution in [2.45, 2.75) is 19.6 Å². The molecule has 0 rings (SSSR count). The van der Waals surface area contributed by atoms with E-state index in [0.717, 1.165) is 0 Å². The summed E-state index contributed by atoms with van der Waals surface area (Å²) in [4.78, 5) is 0. The third kappa shape index (κ3) is 4.53. The van der Waals surface area contributed by atoms with Gasteiger partial charge in [-0.15, -0.1) is 0 Å². The molecule has 2 unspecified atom stereocenters. The van der Waals surface area contributed by atoms with Crippen molar-refractivity contribution in [1.29, 1.82) is 0 Å². The fourth-order valence-electron chi connectivity index (χ4n) is 0.405. The van der Waals surface area contributed by atoms with Crippen molar-refractivity contribution in [3.8, 4) is 0 Å². The molecule has 0 bridgehead atoms. The molecule has 2 atom stereocenters. The lowest BCUT2D eigenvalue weighted by Crippen LogP contribution is -2.31. The molecule has 0 aromatic carbocycles. The smallest absolute Gasteiger partial charge is 0.117 e. The first-order valence-electron chi connectivity index (χ1n) is 2.59. The maximum Gasteiger partial charge on any atom is 0.117 e. The second-order valence-electron chi connectivity index (χ2n) is 1.49. The summed E-state index contributed by atoms with van der Waals surface area (Å²) < 4.78 is 26.8. The molecule has 0 spiro atoms. The average Bonchev–Trinajstić information content (AvgIpc) is 1.82. The van der Waals surface area contributed by atoms with E-state index in [1.165, 1.54) is 7.11 Å². The standard InChI is InChI=1S/C4H11NO3S/c1-3-4(8-2)5-9(6)7/h4-5H,3H2,1-2H3,(H,6,7)/p-1. The Morgan fingerprint density at radius 2 is 2.44 bits per heavy atom. The van der Waals surface area contributed by atoms with Crippen molar-refractivity contribution in [2.24, 2.45) is 0 Å². The van der Waals surface area contributed by atoms with Gasteiger partial charge in [-0.05, 0) is 6.42 Å². The summed E-state index contributed by atoms with van der Waals surface area (Å²) in [6, 6.07) is 0. The maximum atomic E-state index is 9.94. The van der Waals surface area contributed by atoms with Crippen LogP contribution in [0.15, 0.2) is 0 Å². The van der Waals surface area contributed by atoms with Gasteiger partial charge in [0.15, 0.2) is 0 Å². The molecular formula is C4H10NO3S-. The molecule has 56 valence electrons. The Kier molecular flexibility index (Phi) is 4.88. The van der Waals surface area contributed by atoms with Gasteiger partial charge in [0.05, 0.1) is 0 Å². The van der Waals surface area contributed by atoms with Crippen LogP contribution >= 0.6 is 0 Å². The SMILES string of the molecule is CCC(NS(=O)[O-])OC. The van der Waals surface area contributed by atoms with Crippen molar-refractivity contribution >= 4 is 11.3 Å². The molecule has 0 aromatic rings. The van der Waals surface area contributed by atoms with Gasteiger partial charge in [0.2, 0.25) is 0 Å². The predicted molar refractivity (Wildman–Crippen MR) is 33.1 cm³/mol. The second-order valence-corrected chi connectivity index (χ2v) is 2.19. The molecule has 1 N–H and O–H groups in total. The largest absolute Gasteiger partial charge is 0.760 e. The van der Waals surface area contributed by atoms with Crippen LogP contribution in [0.3, 0.4) is 0 Å². The van der Waals surface area contributed by atoms with E-state index in [9.17, 15) is 8.76 Å². The summed E-state index contributed by atoms with van der Waals surface area (Å²) in [6.45, 7) is 1.83. The number of hydrogen-bond acceptors (Lipinski definition) is 3. The van der Waals surface area contributed by atoms with E-state index in [1.807, 2.05) is 6.92 Å². The Labute approximate surface area is 57.0 Å². The summed E-state index contributed by atoms with van der Waals surface area (Å²) in [6.07, 6.45) is 0.244. The van der Waals surface area contributed by atoms with Crippen LogP contribution in [-0.4, -0.2) is 22.1 Å². The van der Waals surface area contributed by atoms with Gasteiger partial charge >= 0.3 is 0 Å². The molecule has 0 aliphatic heterocycles. The highest BCUT2D eigenvalue weighted by Crippen LogP contribution is 1.89. The lowest BCUT2D eigenvalue weighted by molar-refractivity contribution is 0.0901. The fourth-order valence-corrected chi connectivity index (χ4v) is 0.883. The van der Waals surface area contributed by atoms with Crippen molar-refractivity contribution in [3.63, 3.8) is 0 Å². The molecule has 0 radical (unpaired) electrons. The molecule has 0 heterocycles. The normalized spacial score (nSPS) is 17.2. The number of methoxy groups -OCH3 is 1. The van der Waals surface area contributed by atoms with Crippen molar-refractivity contribution in [1.82, 2.24) is 4.72 Å². The van der Waals surface area contributed by atoms with E-state index in [-0.39, 0.29) is 6.23 Å². The summed E-state index contributed by atoms with van der Waals surface area (Å²) in [5, 5.41) is 0. The van der Waals surface area contributed by atoms with Crippen LogP contribution in [0.4, 0.5) is 0 Å². The molecule has 0 aliphatic carbocycles. The van der Waals surface area contributed by atoms with Crippen LogP contribution in [0.25, 0.3) is 0 Å². The summed E-state index contributed by atoms with van der Waals surface area (Å²) >= 11 is -2.22. The molecule has 9 heavy (non-hydrogen) atoms. The molecule has 0 aromatic heterocycles. The van der Waals surface area contributed by atoms with E-state index in [2.05, 4.69) is 4.72 Å².